The molecule has 0 spiro atoms. The topological polar surface area (TPSA) is 75.4 Å². The van der Waals surface area contributed by atoms with Crippen molar-refractivity contribution >= 4 is 23.0 Å². The number of aliphatic hydroxyl groups is 1. The largest absolute Gasteiger partial charge is 0.396 e. The zero-order valence-electron chi connectivity index (χ0n) is 9.52. The number of nitro benzene ring substituents is 1. The number of nitro groups is 1. The normalized spacial score (nSPS) is 12.2. The van der Waals surface area contributed by atoms with E-state index >= 15 is 0 Å². The Labute approximate surface area is 105 Å². The van der Waals surface area contributed by atoms with Gasteiger partial charge in [-0.15, -0.1) is 0 Å². The highest BCUT2D eigenvalue weighted by Gasteiger charge is 2.17. The smallest absolute Gasteiger partial charge is 0.293 e. The van der Waals surface area contributed by atoms with Gasteiger partial charge >= 0.3 is 0 Å². The van der Waals surface area contributed by atoms with Crippen LogP contribution in [-0.4, -0.2) is 22.7 Å². The molecule has 0 radical (unpaired) electrons. The van der Waals surface area contributed by atoms with Crippen LogP contribution in [-0.2, 0) is 0 Å². The SMILES string of the molecule is CC(CCCO)Nc1c(Cl)cccc1[N+](=O)[O-]. The summed E-state index contributed by atoms with van der Waals surface area (Å²) in [6.07, 6.45) is 1.37. The molecule has 0 aliphatic rings. The molecule has 0 fully saturated rings. The molecule has 5 nitrogen and oxygen atoms in total. The van der Waals surface area contributed by atoms with Crippen molar-refractivity contribution in [2.45, 2.75) is 25.8 Å². The van der Waals surface area contributed by atoms with E-state index in [4.69, 9.17) is 16.7 Å². The van der Waals surface area contributed by atoms with E-state index in [0.717, 1.165) is 6.42 Å². The lowest BCUT2D eigenvalue weighted by Gasteiger charge is -2.15. The fourth-order valence-electron chi connectivity index (χ4n) is 1.52. The van der Waals surface area contributed by atoms with E-state index in [1.807, 2.05) is 6.92 Å². The second kappa shape index (κ2) is 6.42. The molecule has 6 heteroatoms. The van der Waals surface area contributed by atoms with Crippen LogP contribution >= 0.6 is 11.6 Å². The standard InChI is InChI=1S/C11H15ClN2O3/c1-8(4-3-7-15)13-11-9(12)5-2-6-10(11)14(16)17/h2,5-6,8,13,15H,3-4,7H2,1H3. The summed E-state index contributed by atoms with van der Waals surface area (Å²) in [5.74, 6) is 0. The molecule has 1 unspecified atom stereocenters. The number of nitrogens with zero attached hydrogens (tertiary/aromatic N) is 1. The maximum absolute atomic E-state index is 10.8. The Kier molecular flexibility index (Phi) is 5.18. The summed E-state index contributed by atoms with van der Waals surface area (Å²) in [7, 11) is 0. The molecule has 1 aromatic rings. The Morgan fingerprint density at radius 1 is 1.59 bits per heavy atom. The molecule has 2 N–H and O–H groups in total. The number of nitrogens with one attached hydrogen (secondary N) is 1. The molecule has 0 aliphatic heterocycles. The van der Waals surface area contributed by atoms with Crippen molar-refractivity contribution in [2.75, 3.05) is 11.9 Å². The van der Waals surface area contributed by atoms with Gasteiger partial charge in [-0.25, -0.2) is 0 Å². The van der Waals surface area contributed by atoms with Crippen LogP contribution in [0, 0.1) is 10.1 Å². The van der Waals surface area contributed by atoms with Crippen molar-refractivity contribution in [3.05, 3.63) is 33.3 Å². The summed E-state index contributed by atoms with van der Waals surface area (Å²) in [4.78, 5) is 10.4. The van der Waals surface area contributed by atoms with Crippen molar-refractivity contribution < 1.29 is 10.0 Å². The molecule has 94 valence electrons. The van der Waals surface area contributed by atoms with Crippen LogP contribution in [0.4, 0.5) is 11.4 Å². The fourth-order valence-corrected chi connectivity index (χ4v) is 1.75. The van der Waals surface area contributed by atoms with Gasteiger partial charge in [0.05, 0.1) is 9.95 Å². The summed E-state index contributed by atoms with van der Waals surface area (Å²) in [5.41, 5.74) is 0.304. The quantitative estimate of drug-likeness (QED) is 0.608. The molecule has 0 aromatic heterocycles. The van der Waals surface area contributed by atoms with Gasteiger partial charge in [0.2, 0.25) is 0 Å². The van der Waals surface area contributed by atoms with Crippen LogP contribution in [0.15, 0.2) is 18.2 Å². The minimum Gasteiger partial charge on any atom is -0.396 e. The molecule has 1 rings (SSSR count). The third kappa shape index (κ3) is 3.87. The number of anilines is 1. The van der Waals surface area contributed by atoms with Crippen LogP contribution in [0.25, 0.3) is 0 Å². The number of aliphatic hydroxyl groups excluding tert-OH is 1. The predicted molar refractivity (Wildman–Crippen MR) is 67.5 cm³/mol. The molecule has 17 heavy (non-hydrogen) atoms. The monoisotopic (exact) mass is 258 g/mol. The first-order chi connectivity index (χ1) is 8.06. The van der Waals surface area contributed by atoms with E-state index in [1.54, 1.807) is 12.1 Å². The molecule has 0 saturated heterocycles. The van der Waals surface area contributed by atoms with Crippen molar-refractivity contribution in [1.29, 1.82) is 0 Å². The maximum Gasteiger partial charge on any atom is 0.293 e. The van der Waals surface area contributed by atoms with E-state index < -0.39 is 4.92 Å². The first kappa shape index (κ1) is 13.7. The first-order valence-corrected chi connectivity index (χ1v) is 5.74. The molecular formula is C11H15ClN2O3. The van der Waals surface area contributed by atoms with Gasteiger partial charge in [0.25, 0.3) is 5.69 Å². The Bertz CT molecular complexity index is 398. The molecule has 0 bridgehead atoms. The van der Waals surface area contributed by atoms with Crippen LogP contribution in [0.2, 0.25) is 5.02 Å². The number of benzene rings is 1. The number of hydrogen-bond acceptors (Lipinski definition) is 4. The number of rotatable bonds is 6. The van der Waals surface area contributed by atoms with E-state index in [2.05, 4.69) is 5.32 Å². The summed E-state index contributed by atoms with van der Waals surface area (Å²) >= 11 is 5.94. The second-order valence-electron chi connectivity index (χ2n) is 3.80. The number of hydrogen-bond donors (Lipinski definition) is 2. The van der Waals surface area contributed by atoms with Crippen molar-refractivity contribution in [1.82, 2.24) is 0 Å². The third-order valence-corrected chi connectivity index (χ3v) is 2.69. The van der Waals surface area contributed by atoms with E-state index in [9.17, 15) is 10.1 Å². The fraction of sp³-hybridized carbons (Fsp3) is 0.455. The van der Waals surface area contributed by atoms with E-state index in [-0.39, 0.29) is 18.3 Å². The molecule has 0 heterocycles. The van der Waals surface area contributed by atoms with Crippen LogP contribution in [0.5, 0.6) is 0 Å². The van der Waals surface area contributed by atoms with Gasteiger partial charge in [-0.1, -0.05) is 17.7 Å². The summed E-state index contributed by atoms with van der Waals surface area (Å²) < 4.78 is 0. The molecule has 1 aromatic carbocycles. The number of para-hydroxylation sites is 1. The van der Waals surface area contributed by atoms with Gasteiger partial charge in [-0.05, 0) is 25.8 Å². The minimum atomic E-state index is -0.465. The van der Waals surface area contributed by atoms with Gasteiger partial charge in [0, 0.05) is 18.7 Å². The van der Waals surface area contributed by atoms with E-state index in [1.165, 1.54) is 6.07 Å². The number of halogens is 1. The second-order valence-corrected chi connectivity index (χ2v) is 4.21. The Balaban J connectivity index is 2.85. The Morgan fingerprint density at radius 2 is 2.29 bits per heavy atom. The van der Waals surface area contributed by atoms with Crippen LogP contribution < -0.4 is 5.32 Å². The van der Waals surface area contributed by atoms with Crippen molar-refractivity contribution in [3.63, 3.8) is 0 Å². The van der Waals surface area contributed by atoms with Gasteiger partial charge in [0.1, 0.15) is 5.69 Å². The summed E-state index contributed by atoms with van der Waals surface area (Å²) in [6, 6.07) is 4.58. The maximum atomic E-state index is 10.8. The zero-order valence-corrected chi connectivity index (χ0v) is 10.3. The lowest BCUT2D eigenvalue weighted by Crippen LogP contribution is -2.16. The molecular weight excluding hydrogens is 244 g/mol. The Morgan fingerprint density at radius 3 is 2.88 bits per heavy atom. The van der Waals surface area contributed by atoms with Crippen molar-refractivity contribution in [3.8, 4) is 0 Å². The molecule has 0 saturated carbocycles. The molecule has 0 aliphatic carbocycles. The molecule has 0 amide bonds. The van der Waals surface area contributed by atoms with E-state index in [0.29, 0.717) is 17.1 Å². The lowest BCUT2D eigenvalue weighted by atomic mass is 10.1. The highest BCUT2D eigenvalue weighted by molar-refractivity contribution is 6.33. The van der Waals surface area contributed by atoms with Gasteiger partial charge in [-0.3, -0.25) is 10.1 Å². The minimum absolute atomic E-state index is 0.0146. The summed E-state index contributed by atoms with van der Waals surface area (Å²) in [6.45, 7) is 2.00. The third-order valence-electron chi connectivity index (χ3n) is 2.37. The summed E-state index contributed by atoms with van der Waals surface area (Å²) in [5, 5.41) is 22.9. The highest BCUT2D eigenvalue weighted by Crippen LogP contribution is 2.32. The highest BCUT2D eigenvalue weighted by atomic mass is 35.5. The first-order valence-electron chi connectivity index (χ1n) is 5.36. The predicted octanol–water partition coefficient (Wildman–Crippen LogP) is 2.82. The average molecular weight is 259 g/mol. The average Bonchev–Trinajstić information content (AvgIpc) is 2.28. The van der Waals surface area contributed by atoms with Crippen molar-refractivity contribution in [2.24, 2.45) is 0 Å². The van der Waals surface area contributed by atoms with Gasteiger partial charge in [0.15, 0.2) is 0 Å². The van der Waals surface area contributed by atoms with Gasteiger partial charge in [-0.2, -0.15) is 0 Å². The van der Waals surface area contributed by atoms with Gasteiger partial charge < -0.3 is 10.4 Å². The molecule has 1 atom stereocenters. The van der Waals surface area contributed by atoms with Crippen LogP contribution in [0.3, 0.4) is 0 Å². The Hall–Kier alpha value is -1.33. The zero-order chi connectivity index (χ0) is 12.8. The van der Waals surface area contributed by atoms with Crippen LogP contribution in [0.1, 0.15) is 19.8 Å². The lowest BCUT2D eigenvalue weighted by molar-refractivity contribution is -0.384.